The molecule has 4 atom stereocenters. The number of hydrogen-bond acceptors (Lipinski definition) is 2. The number of carboxylic acid groups (broad SMARTS) is 1. The van der Waals surface area contributed by atoms with Crippen LogP contribution in [0.3, 0.4) is 0 Å². The van der Waals surface area contributed by atoms with Gasteiger partial charge in [-0.3, -0.25) is 4.79 Å². The molecule has 3 nitrogen and oxygen atoms in total. The van der Waals surface area contributed by atoms with Crippen LogP contribution in [-0.2, 0) is 4.79 Å². The van der Waals surface area contributed by atoms with Crippen molar-refractivity contribution in [2.75, 3.05) is 6.54 Å². The van der Waals surface area contributed by atoms with E-state index in [2.05, 4.69) is 19.2 Å². The van der Waals surface area contributed by atoms with Crippen LogP contribution in [0.2, 0.25) is 0 Å². The Morgan fingerprint density at radius 1 is 1.50 bits per heavy atom. The summed E-state index contributed by atoms with van der Waals surface area (Å²) in [6.45, 7) is 5.34. The minimum absolute atomic E-state index is 0.0174. The first-order chi connectivity index (χ1) is 6.46. The number of rotatable bonds is 1. The summed E-state index contributed by atoms with van der Waals surface area (Å²) < 4.78 is 0. The summed E-state index contributed by atoms with van der Waals surface area (Å²) >= 11 is 0. The first-order valence-electron chi connectivity index (χ1n) is 5.45. The second-order valence-corrected chi connectivity index (χ2v) is 5.75. The van der Waals surface area contributed by atoms with Gasteiger partial charge < -0.3 is 10.4 Å². The van der Waals surface area contributed by atoms with Crippen LogP contribution >= 0.6 is 0 Å². The maximum absolute atomic E-state index is 11.5. The average molecular weight is 195 g/mol. The first-order valence-corrected chi connectivity index (χ1v) is 5.45. The van der Waals surface area contributed by atoms with Crippen LogP contribution in [0.15, 0.2) is 0 Å². The second kappa shape index (κ2) is 2.01. The Morgan fingerprint density at radius 3 is 2.64 bits per heavy atom. The van der Waals surface area contributed by atoms with Crippen molar-refractivity contribution in [3.8, 4) is 0 Å². The molecule has 0 amide bonds. The van der Waals surface area contributed by atoms with Crippen LogP contribution in [0, 0.1) is 16.7 Å². The van der Waals surface area contributed by atoms with Gasteiger partial charge in [-0.1, -0.05) is 13.8 Å². The molecule has 3 heteroatoms. The number of nitrogens with one attached hydrogen (secondary N) is 1. The van der Waals surface area contributed by atoms with Gasteiger partial charge in [0, 0.05) is 12.0 Å². The Balaban J connectivity index is 2.18. The molecular formula is C11H17NO2. The van der Waals surface area contributed by atoms with Gasteiger partial charge in [0.2, 0.25) is 0 Å². The van der Waals surface area contributed by atoms with E-state index in [-0.39, 0.29) is 10.8 Å². The molecule has 0 aromatic heterocycles. The highest BCUT2D eigenvalue weighted by Gasteiger charge is 2.77. The first kappa shape index (κ1) is 8.72. The number of piperidine rings is 1. The predicted molar refractivity (Wildman–Crippen MR) is 51.9 cm³/mol. The van der Waals surface area contributed by atoms with E-state index in [0.717, 1.165) is 19.4 Å². The zero-order chi connectivity index (χ0) is 10.2. The van der Waals surface area contributed by atoms with E-state index < -0.39 is 11.5 Å². The summed E-state index contributed by atoms with van der Waals surface area (Å²) in [5.74, 6) is -0.00391. The van der Waals surface area contributed by atoms with Crippen LogP contribution in [0.1, 0.15) is 33.1 Å². The molecular weight excluding hydrogens is 178 g/mol. The monoisotopic (exact) mass is 195 g/mol. The van der Waals surface area contributed by atoms with Crippen molar-refractivity contribution in [1.29, 1.82) is 0 Å². The predicted octanol–water partition coefficient (Wildman–Crippen LogP) is 1.24. The molecule has 3 aliphatic rings. The topological polar surface area (TPSA) is 49.3 Å². The van der Waals surface area contributed by atoms with Crippen molar-refractivity contribution in [2.45, 2.75) is 38.6 Å². The van der Waals surface area contributed by atoms with Crippen molar-refractivity contribution >= 4 is 5.97 Å². The number of aliphatic carboxylic acids is 1. The van der Waals surface area contributed by atoms with Gasteiger partial charge in [0.05, 0.1) is 0 Å². The zero-order valence-corrected chi connectivity index (χ0v) is 8.76. The van der Waals surface area contributed by atoms with Crippen molar-refractivity contribution in [2.24, 2.45) is 16.7 Å². The van der Waals surface area contributed by atoms with Crippen LogP contribution in [0.5, 0.6) is 0 Å². The third kappa shape index (κ3) is 0.553. The van der Waals surface area contributed by atoms with Crippen LogP contribution in [0.4, 0.5) is 0 Å². The summed E-state index contributed by atoms with van der Waals surface area (Å²) in [6, 6.07) is 0. The Labute approximate surface area is 83.9 Å². The molecule has 1 saturated heterocycles. The highest BCUT2D eigenvalue weighted by molar-refractivity contribution is 5.82. The highest BCUT2D eigenvalue weighted by atomic mass is 16.4. The van der Waals surface area contributed by atoms with Gasteiger partial charge in [-0.15, -0.1) is 0 Å². The van der Waals surface area contributed by atoms with E-state index in [1.165, 1.54) is 6.42 Å². The molecule has 0 unspecified atom stereocenters. The van der Waals surface area contributed by atoms with E-state index in [0.29, 0.717) is 5.92 Å². The standard InChI is InChI=1S/C11H17NO2/c1-9-6-12-11(8(13)14)5-7(9)3-4-10(9,11)2/h7,12H,3-6H2,1-2H3,(H,13,14)/t7-,9+,10-,11-/m0/s1. The van der Waals surface area contributed by atoms with Gasteiger partial charge in [0.25, 0.3) is 0 Å². The molecule has 2 N–H and O–H groups in total. The maximum atomic E-state index is 11.5. The van der Waals surface area contributed by atoms with E-state index in [1.54, 1.807) is 0 Å². The van der Waals surface area contributed by atoms with Gasteiger partial charge in [-0.05, 0) is 30.6 Å². The Hall–Kier alpha value is -0.570. The normalized spacial score (nSPS) is 59.4. The largest absolute Gasteiger partial charge is 0.480 e. The summed E-state index contributed by atoms with van der Waals surface area (Å²) in [5, 5.41) is 12.7. The lowest BCUT2D eigenvalue weighted by Gasteiger charge is -2.39. The van der Waals surface area contributed by atoms with Crippen LogP contribution < -0.4 is 5.32 Å². The molecule has 0 aromatic carbocycles. The van der Waals surface area contributed by atoms with Gasteiger partial charge in [0.15, 0.2) is 0 Å². The van der Waals surface area contributed by atoms with E-state index in [9.17, 15) is 9.90 Å². The molecule has 2 aliphatic carbocycles. The van der Waals surface area contributed by atoms with Gasteiger partial charge in [0.1, 0.15) is 5.54 Å². The molecule has 3 rings (SSSR count). The van der Waals surface area contributed by atoms with Crippen molar-refractivity contribution < 1.29 is 9.90 Å². The Bertz CT molecular complexity index is 329. The van der Waals surface area contributed by atoms with E-state index in [1.807, 2.05) is 0 Å². The zero-order valence-electron chi connectivity index (χ0n) is 8.76. The minimum atomic E-state index is -0.633. The summed E-state index contributed by atoms with van der Waals surface area (Å²) in [7, 11) is 0. The highest BCUT2D eigenvalue weighted by Crippen LogP contribution is 2.72. The quantitative estimate of drug-likeness (QED) is 0.662. The molecule has 14 heavy (non-hydrogen) atoms. The Morgan fingerprint density at radius 2 is 2.21 bits per heavy atom. The van der Waals surface area contributed by atoms with Gasteiger partial charge in [-0.2, -0.15) is 0 Å². The number of carboxylic acids is 1. The molecule has 1 aliphatic heterocycles. The smallest absolute Gasteiger partial charge is 0.324 e. The fraction of sp³-hybridized carbons (Fsp3) is 0.909. The fourth-order valence-electron chi connectivity index (χ4n) is 4.48. The summed E-state index contributed by atoms with van der Waals surface area (Å²) in [4.78, 5) is 11.5. The SMILES string of the molecule is C[C@@]12CC[C@H]3C[C@@]1(C(=O)O)NC[C@]32C. The molecule has 78 valence electrons. The lowest BCUT2D eigenvalue weighted by atomic mass is 9.66. The molecule has 0 spiro atoms. The average Bonchev–Trinajstić information content (AvgIpc) is 2.58. The fourth-order valence-corrected chi connectivity index (χ4v) is 4.48. The third-order valence-electron chi connectivity index (χ3n) is 5.77. The van der Waals surface area contributed by atoms with Crippen molar-refractivity contribution in [3.63, 3.8) is 0 Å². The summed E-state index contributed by atoms with van der Waals surface area (Å²) in [6.07, 6.45) is 3.15. The van der Waals surface area contributed by atoms with E-state index in [4.69, 9.17) is 0 Å². The molecule has 1 heterocycles. The van der Waals surface area contributed by atoms with Gasteiger partial charge >= 0.3 is 5.97 Å². The van der Waals surface area contributed by atoms with Crippen LogP contribution in [-0.4, -0.2) is 23.2 Å². The number of hydrogen-bond donors (Lipinski definition) is 2. The molecule has 2 saturated carbocycles. The molecule has 4 bridgehead atoms. The van der Waals surface area contributed by atoms with Crippen LogP contribution in [0.25, 0.3) is 0 Å². The van der Waals surface area contributed by atoms with Crippen molar-refractivity contribution in [3.05, 3.63) is 0 Å². The lowest BCUT2D eigenvalue weighted by molar-refractivity contribution is -0.149. The van der Waals surface area contributed by atoms with Crippen molar-refractivity contribution in [1.82, 2.24) is 5.32 Å². The maximum Gasteiger partial charge on any atom is 0.324 e. The van der Waals surface area contributed by atoms with E-state index >= 15 is 0 Å². The second-order valence-electron chi connectivity index (χ2n) is 5.75. The lowest BCUT2D eigenvalue weighted by Crippen LogP contribution is -2.57. The number of carbonyl (C=O) groups is 1. The summed E-state index contributed by atoms with van der Waals surface area (Å²) in [5.41, 5.74) is -0.396. The Kier molecular flexibility index (Phi) is 1.25. The minimum Gasteiger partial charge on any atom is -0.480 e. The molecule has 0 radical (unpaired) electrons. The molecule has 3 fully saturated rings. The van der Waals surface area contributed by atoms with Gasteiger partial charge in [-0.25, -0.2) is 0 Å². The molecule has 0 aromatic rings. The third-order valence-corrected chi connectivity index (χ3v) is 5.77.